The Morgan fingerprint density at radius 3 is 2.70 bits per heavy atom. The normalized spacial score (nSPS) is 27.1. The van der Waals surface area contributed by atoms with Gasteiger partial charge < -0.3 is 24.7 Å². The molecule has 1 aromatic heterocycles. The average molecular weight is 415 g/mol. The number of hydrogen-bond acceptors (Lipinski definition) is 4. The maximum Gasteiger partial charge on any atom is 0.356 e. The Bertz CT molecular complexity index is 996. The van der Waals surface area contributed by atoms with Gasteiger partial charge >= 0.3 is 5.97 Å². The van der Waals surface area contributed by atoms with Gasteiger partial charge in [-0.1, -0.05) is 26.8 Å². The Morgan fingerprint density at radius 1 is 1.23 bits per heavy atom. The van der Waals surface area contributed by atoms with Crippen LogP contribution in [0.3, 0.4) is 0 Å². The Hall–Kier alpha value is -2.54. The maximum atomic E-state index is 13.1. The molecule has 3 atom stereocenters. The number of carbonyl (C=O) groups is 2. The predicted octanol–water partition coefficient (Wildman–Crippen LogP) is 2.39. The van der Waals surface area contributed by atoms with E-state index in [1.165, 1.54) is 24.9 Å². The molecule has 0 spiro atoms. The molecule has 1 saturated heterocycles. The van der Waals surface area contributed by atoms with Crippen molar-refractivity contribution in [3.05, 3.63) is 23.9 Å². The number of carbonyl (C=O) groups excluding carboxylic acids is 2. The SMILES string of the molecule is COC(=O)c1[nH]c2cccc(OC)c2c1NC(=O)C[NH+]1C[C@@]2(C)C[C@@H]1CC(C)(C)C2. The molecule has 7 nitrogen and oxygen atoms in total. The number of nitrogens with one attached hydrogen (secondary N) is 3. The first-order chi connectivity index (χ1) is 14.1. The van der Waals surface area contributed by atoms with Gasteiger partial charge in [-0.2, -0.15) is 0 Å². The number of hydrogen-bond donors (Lipinski definition) is 3. The van der Waals surface area contributed by atoms with Gasteiger partial charge in [-0.25, -0.2) is 4.79 Å². The van der Waals surface area contributed by atoms with E-state index in [4.69, 9.17) is 9.47 Å². The molecule has 4 rings (SSSR count). The van der Waals surface area contributed by atoms with E-state index in [0.29, 0.717) is 45.8 Å². The molecule has 162 valence electrons. The fourth-order valence-corrected chi connectivity index (χ4v) is 6.11. The zero-order valence-corrected chi connectivity index (χ0v) is 18.5. The molecule has 1 saturated carbocycles. The lowest BCUT2D eigenvalue weighted by Gasteiger charge is -2.37. The van der Waals surface area contributed by atoms with E-state index in [9.17, 15) is 9.59 Å². The van der Waals surface area contributed by atoms with Gasteiger partial charge in [-0.05, 0) is 24.0 Å². The van der Waals surface area contributed by atoms with E-state index in [1.807, 2.05) is 18.2 Å². The lowest BCUT2D eigenvalue weighted by atomic mass is 9.65. The summed E-state index contributed by atoms with van der Waals surface area (Å²) < 4.78 is 10.4. The van der Waals surface area contributed by atoms with Crippen molar-refractivity contribution < 1.29 is 24.0 Å². The smallest absolute Gasteiger partial charge is 0.356 e. The van der Waals surface area contributed by atoms with E-state index in [-0.39, 0.29) is 11.6 Å². The number of likely N-dealkylation sites (tertiary alicyclic amines) is 1. The van der Waals surface area contributed by atoms with Gasteiger partial charge in [0.1, 0.15) is 11.4 Å². The number of H-pyrrole nitrogens is 1. The molecular formula is C23H32N3O4+. The third kappa shape index (κ3) is 3.67. The molecule has 2 aliphatic rings. The maximum absolute atomic E-state index is 13.1. The highest BCUT2D eigenvalue weighted by Crippen LogP contribution is 2.47. The third-order valence-corrected chi connectivity index (χ3v) is 6.72. The number of fused-ring (bicyclic) bond motifs is 3. The Kier molecular flexibility index (Phi) is 5.04. The quantitative estimate of drug-likeness (QED) is 0.656. The van der Waals surface area contributed by atoms with Crippen molar-refractivity contribution in [3.63, 3.8) is 0 Å². The van der Waals surface area contributed by atoms with E-state index in [1.54, 1.807) is 7.11 Å². The van der Waals surface area contributed by atoms with Crippen LogP contribution in [-0.2, 0) is 9.53 Å². The first-order valence-corrected chi connectivity index (χ1v) is 10.6. The largest absolute Gasteiger partial charge is 0.496 e. The van der Waals surface area contributed by atoms with Crippen LogP contribution in [0.1, 0.15) is 50.5 Å². The minimum absolute atomic E-state index is 0.101. The van der Waals surface area contributed by atoms with E-state index < -0.39 is 5.97 Å². The van der Waals surface area contributed by atoms with Crippen LogP contribution in [0.5, 0.6) is 5.75 Å². The average Bonchev–Trinajstić information content (AvgIpc) is 3.14. The van der Waals surface area contributed by atoms with Crippen LogP contribution in [0.15, 0.2) is 18.2 Å². The van der Waals surface area contributed by atoms with Gasteiger partial charge in [0.25, 0.3) is 5.91 Å². The van der Waals surface area contributed by atoms with Gasteiger partial charge in [-0.3, -0.25) is 4.79 Å². The van der Waals surface area contributed by atoms with Crippen LogP contribution in [0, 0.1) is 10.8 Å². The molecule has 2 bridgehead atoms. The second-order valence-corrected chi connectivity index (χ2v) is 10.1. The van der Waals surface area contributed by atoms with E-state index >= 15 is 0 Å². The van der Waals surface area contributed by atoms with Crippen molar-refractivity contribution >= 4 is 28.5 Å². The third-order valence-electron chi connectivity index (χ3n) is 6.72. The summed E-state index contributed by atoms with van der Waals surface area (Å²) in [7, 11) is 2.90. The zero-order valence-electron chi connectivity index (χ0n) is 18.5. The summed E-state index contributed by atoms with van der Waals surface area (Å²) in [6.07, 6.45) is 3.51. The number of methoxy groups -OCH3 is 2. The fraction of sp³-hybridized carbons (Fsp3) is 0.565. The summed E-state index contributed by atoms with van der Waals surface area (Å²) >= 11 is 0. The van der Waals surface area contributed by atoms with Crippen molar-refractivity contribution in [1.29, 1.82) is 0 Å². The predicted molar refractivity (Wildman–Crippen MR) is 115 cm³/mol. The van der Waals surface area contributed by atoms with Crippen LogP contribution in [0.4, 0.5) is 5.69 Å². The Balaban J connectivity index is 1.60. The molecule has 2 fully saturated rings. The molecule has 1 aliphatic heterocycles. The van der Waals surface area contributed by atoms with Gasteiger partial charge in [0.2, 0.25) is 0 Å². The van der Waals surface area contributed by atoms with Crippen LogP contribution >= 0.6 is 0 Å². The second-order valence-electron chi connectivity index (χ2n) is 10.1. The second kappa shape index (κ2) is 7.30. The molecule has 3 N–H and O–H groups in total. The van der Waals surface area contributed by atoms with Gasteiger partial charge in [-0.15, -0.1) is 0 Å². The van der Waals surface area contributed by atoms with Crippen LogP contribution < -0.4 is 15.0 Å². The molecule has 30 heavy (non-hydrogen) atoms. The molecule has 7 heteroatoms. The number of amides is 1. The summed E-state index contributed by atoms with van der Waals surface area (Å²) in [5, 5.41) is 3.67. The van der Waals surface area contributed by atoms with Crippen molar-refractivity contribution in [2.24, 2.45) is 10.8 Å². The first-order valence-electron chi connectivity index (χ1n) is 10.6. The van der Waals surface area contributed by atoms with Crippen LogP contribution in [0.25, 0.3) is 10.9 Å². The number of rotatable bonds is 5. The summed E-state index contributed by atoms with van der Waals surface area (Å²) in [4.78, 5) is 29.8. The topological polar surface area (TPSA) is 84.9 Å². The van der Waals surface area contributed by atoms with Crippen LogP contribution in [-0.4, -0.2) is 50.2 Å². The van der Waals surface area contributed by atoms with E-state index in [2.05, 4.69) is 31.1 Å². The fourth-order valence-electron chi connectivity index (χ4n) is 6.11. The molecule has 2 aromatic rings. The van der Waals surface area contributed by atoms with E-state index in [0.717, 1.165) is 13.0 Å². The number of anilines is 1. The molecule has 1 amide bonds. The lowest BCUT2D eigenvalue weighted by Crippen LogP contribution is -3.15. The lowest BCUT2D eigenvalue weighted by molar-refractivity contribution is -0.906. The first kappa shape index (κ1) is 20.7. The molecule has 0 radical (unpaired) electrons. The molecular weight excluding hydrogens is 382 g/mol. The van der Waals surface area contributed by atoms with Crippen molar-refractivity contribution in [1.82, 2.24) is 4.98 Å². The van der Waals surface area contributed by atoms with Crippen molar-refractivity contribution in [2.75, 3.05) is 32.6 Å². The summed E-state index contributed by atoms with van der Waals surface area (Å²) in [6, 6.07) is 5.99. The number of esters is 1. The van der Waals surface area contributed by atoms with Crippen molar-refractivity contribution in [2.45, 2.75) is 46.1 Å². The standard InChI is InChI=1S/C23H31N3O4/c1-22(2)9-14-10-23(3,12-22)13-26(14)11-17(27)25-19-18-15(7-6-8-16(18)29-4)24-20(19)21(28)30-5/h6-8,14,24H,9-13H2,1-5H3,(H,25,27)/p+1/t14-,23-/m0/s1. The monoisotopic (exact) mass is 414 g/mol. The number of benzene rings is 1. The molecule has 2 heterocycles. The molecule has 1 unspecified atom stereocenters. The van der Waals surface area contributed by atoms with Gasteiger partial charge in [0.05, 0.1) is 43.4 Å². The number of aromatic amines is 1. The number of aromatic nitrogens is 1. The number of quaternary nitrogens is 1. The van der Waals surface area contributed by atoms with Gasteiger partial charge in [0.15, 0.2) is 6.54 Å². The molecule has 1 aliphatic carbocycles. The number of ether oxygens (including phenoxy) is 2. The summed E-state index contributed by atoms with van der Waals surface area (Å²) in [6.45, 7) is 8.42. The molecule has 1 aromatic carbocycles. The summed E-state index contributed by atoms with van der Waals surface area (Å²) in [5.41, 5.74) is 1.98. The summed E-state index contributed by atoms with van der Waals surface area (Å²) in [5.74, 6) is -0.0362. The zero-order chi connectivity index (χ0) is 21.7. The van der Waals surface area contributed by atoms with Gasteiger partial charge in [0, 0.05) is 18.3 Å². The van der Waals surface area contributed by atoms with Crippen molar-refractivity contribution in [3.8, 4) is 5.75 Å². The highest BCUT2D eigenvalue weighted by molar-refractivity contribution is 6.13. The minimum Gasteiger partial charge on any atom is -0.496 e. The highest BCUT2D eigenvalue weighted by Gasteiger charge is 2.53. The Labute approximate surface area is 177 Å². The van der Waals surface area contributed by atoms with Crippen LogP contribution in [0.2, 0.25) is 0 Å². The minimum atomic E-state index is -0.526. The Morgan fingerprint density at radius 2 is 2.00 bits per heavy atom. The highest BCUT2D eigenvalue weighted by atomic mass is 16.5.